The number of anilines is 2. The molecule has 5 fully saturated rings. The molecule has 0 spiro atoms. The molecule has 3 aliphatic carbocycles. The molecule has 5 aromatic carbocycles. The molecule has 0 radical (unpaired) electrons. The van der Waals surface area contributed by atoms with Gasteiger partial charge in [0.25, 0.3) is 0 Å². The van der Waals surface area contributed by atoms with Gasteiger partial charge in [-0.25, -0.2) is 4.79 Å². The summed E-state index contributed by atoms with van der Waals surface area (Å²) in [5.41, 5.74) is 20.3. The molecule has 16 heteroatoms. The third kappa shape index (κ3) is 16.6. The van der Waals surface area contributed by atoms with E-state index in [1.807, 2.05) is 89.1 Å². The van der Waals surface area contributed by atoms with Crippen LogP contribution < -0.4 is 35.2 Å². The third-order valence-corrected chi connectivity index (χ3v) is 27.2. The number of nitrogens with zero attached hydrogens (tertiary/aromatic N) is 3. The summed E-state index contributed by atoms with van der Waals surface area (Å²) in [6, 6.07) is 33.7. The van der Waals surface area contributed by atoms with Gasteiger partial charge in [-0.1, -0.05) is 140 Å². The zero-order valence-electron chi connectivity index (χ0n) is 53.2. The Bertz CT molecular complexity index is 3300. The molecular weight excluding hydrogens is 1310 g/mol. The molecular formula is C72H94BrCl2N6O5PRu. The van der Waals surface area contributed by atoms with Crippen LogP contribution in [0, 0.1) is 41.5 Å². The maximum absolute atomic E-state index is 13.2. The number of benzene rings is 5. The number of nitrogens with one attached hydrogen (secondary N) is 3. The predicted molar refractivity (Wildman–Crippen MR) is 370 cm³/mol. The summed E-state index contributed by atoms with van der Waals surface area (Å²) in [6.45, 7) is 17.5. The van der Waals surface area contributed by atoms with Crippen molar-refractivity contribution in [1.82, 2.24) is 20.9 Å². The Morgan fingerprint density at radius 1 is 0.705 bits per heavy atom. The van der Waals surface area contributed by atoms with Crippen LogP contribution in [0.4, 0.5) is 16.2 Å². The second-order valence-electron chi connectivity index (χ2n) is 24.8. The van der Waals surface area contributed by atoms with E-state index in [9.17, 15) is 9.59 Å². The number of amides is 2. The van der Waals surface area contributed by atoms with Gasteiger partial charge in [-0.2, -0.15) is 0 Å². The van der Waals surface area contributed by atoms with Gasteiger partial charge in [0.05, 0.1) is 26.3 Å². The van der Waals surface area contributed by atoms with E-state index in [4.69, 9.17) is 33.6 Å². The fourth-order valence-electron chi connectivity index (χ4n) is 15.2. The molecule has 88 heavy (non-hydrogen) atoms. The number of halogens is 3. The fraction of sp³-hybridized carbons (Fsp3) is 0.472. The van der Waals surface area contributed by atoms with E-state index in [-0.39, 0.29) is 12.5 Å². The first kappa shape index (κ1) is 67.5. The van der Waals surface area contributed by atoms with Crippen LogP contribution in [0.1, 0.15) is 146 Å². The fourth-order valence-corrected chi connectivity index (χ4v) is 24.9. The van der Waals surface area contributed by atoms with Gasteiger partial charge in [0.2, 0.25) is 5.91 Å². The zero-order valence-corrected chi connectivity index (χ0v) is 58.9. The van der Waals surface area contributed by atoms with Crippen molar-refractivity contribution in [2.75, 3.05) is 56.7 Å². The molecule has 6 aliphatic rings. The van der Waals surface area contributed by atoms with E-state index in [1.165, 1.54) is 140 Å². The van der Waals surface area contributed by atoms with E-state index in [2.05, 4.69) is 107 Å². The molecule has 0 bridgehead atoms. The summed E-state index contributed by atoms with van der Waals surface area (Å²) in [7, 11) is 14.5. The van der Waals surface area contributed by atoms with Crippen molar-refractivity contribution in [2.24, 2.45) is 0 Å². The van der Waals surface area contributed by atoms with Crippen molar-refractivity contribution >= 4 is 75.7 Å². The van der Waals surface area contributed by atoms with Crippen molar-refractivity contribution in [2.45, 2.75) is 174 Å². The summed E-state index contributed by atoms with van der Waals surface area (Å²) < 4.78 is 18.8. The third-order valence-electron chi connectivity index (χ3n) is 18.6. The van der Waals surface area contributed by atoms with Gasteiger partial charge in [0, 0.05) is 65.9 Å². The summed E-state index contributed by atoms with van der Waals surface area (Å²) in [6.07, 6.45) is 21.4. The number of hydrogen-bond donors (Lipinski definition) is 3. The minimum atomic E-state index is -1.69. The molecule has 3 N–H and O–H groups in total. The van der Waals surface area contributed by atoms with Gasteiger partial charge < -0.3 is 39.5 Å². The normalized spacial score (nSPS) is 20.4. The van der Waals surface area contributed by atoms with Gasteiger partial charge in [0.1, 0.15) is 30.0 Å². The van der Waals surface area contributed by atoms with Gasteiger partial charge in [-0.15, -0.1) is 0 Å². The van der Waals surface area contributed by atoms with E-state index >= 15 is 0 Å². The number of alkyl carbamates (subject to hydrolysis) is 1. The summed E-state index contributed by atoms with van der Waals surface area (Å²) in [5, 5.41) is 11.1. The molecule has 2 atom stereocenters. The molecule has 3 saturated carbocycles. The number of ether oxygens (including phenoxy) is 3. The van der Waals surface area contributed by atoms with E-state index in [0.29, 0.717) is 36.7 Å². The summed E-state index contributed by atoms with van der Waals surface area (Å²) in [5.74, 6) is 2.61. The van der Waals surface area contributed by atoms with Crippen LogP contribution in [0.25, 0.3) is 0 Å². The number of carbonyl (C=O) groups excluding carboxylic acids is 2. The first-order valence-corrected chi connectivity index (χ1v) is 40.2. The number of allylic oxidation sites excluding steroid dienone is 1. The van der Waals surface area contributed by atoms with Crippen LogP contribution in [0.15, 0.2) is 125 Å². The van der Waals surface area contributed by atoms with Crippen molar-refractivity contribution < 1.29 is 37.3 Å². The first-order valence-electron chi connectivity index (χ1n) is 32.0. The predicted octanol–water partition coefficient (Wildman–Crippen LogP) is 16.8. The second kappa shape index (κ2) is 32.4. The molecule has 3 heterocycles. The monoisotopic (exact) mass is 1400 g/mol. The molecule has 3 aliphatic heterocycles. The van der Waals surface area contributed by atoms with Crippen molar-refractivity contribution in [1.29, 1.82) is 0 Å². The summed E-state index contributed by atoms with van der Waals surface area (Å²) >= 11 is 1.89. The average molecular weight is 1410 g/mol. The van der Waals surface area contributed by atoms with Crippen LogP contribution in [-0.4, -0.2) is 97.0 Å². The molecule has 2 saturated heterocycles. The SMILES string of the molecule is COc1ccc(CN2CC(Br)=CCC(NC(=O)OCc3ccccc3)C2=O)c(OC)c1.Cc1cc(C)c(N2CCNC2=C2CCCCC2P(=C2NCCN2c2c(C)cc(C)cc2C)(C2CCCCC2)C2CCCCC2)c(C)c1.[Cl][Ru]([Cl])=[CH]c1ccccc1. The van der Waals surface area contributed by atoms with Crippen molar-refractivity contribution in [3.8, 4) is 11.5 Å². The van der Waals surface area contributed by atoms with E-state index in [1.54, 1.807) is 30.7 Å². The molecule has 476 valence electrons. The number of rotatable bonds is 13. The Hall–Kier alpha value is -4.87. The Labute approximate surface area is 547 Å². The first-order chi connectivity index (χ1) is 42.6. The van der Waals surface area contributed by atoms with Gasteiger partial charge in [-0.05, 0) is 150 Å². The Balaban J connectivity index is 0.000000192. The number of hydrogen-bond acceptors (Lipinski definition) is 7. The molecule has 5 aromatic rings. The Morgan fingerprint density at radius 2 is 1.27 bits per heavy atom. The second-order valence-corrected chi connectivity index (χ2v) is 35.7. The zero-order chi connectivity index (χ0) is 62.3. The van der Waals surface area contributed by atoms with Crippen LogP contribution >= 0.6 is 42.2 Å². The van der Waals surface area contributed by atoms with E-state index in [0.717, 1.165) is 58.7 Å². The maximum atomic E-state index is 13.2. The quantitative estimate of drug-likeness (QED) is 0.0785. The molecule has 11 rings (SSSR count). The number of carbonyl (C=O) groups is 2. The number of methoxy groups -OCH3 is 2. The van der Waals surface area contributed by atoms with E-state index < -0.39 is 32.5 Å². The van der Waals surface area contributed by atoms with Crippen molar-refractivity contribution in [3.05, 3.63) is 175 Å². The molecule has 2 amide bonds. The Morgan fingerprint density at radius 3 is 1.86 bits per heavy atom. The van der Waals surface area contributed by atoms with Crippen LogP contribution in [-0.2, 0) is 36.2 Å². The van der Waals surface area contributed by atoms with Crippen molar-refractivity contribution in [3.63, 3.8) is 0 Å². The Kier molecular flexibility index (Phi) is 24.9. The van der Waals surface area contributed by atoms with Crippen LogP contribution in [0.5, 0.6) is 11.5 Å². The standard InChI is InChI=1S/C42H63N4P.C23H25BrN2O5.C7H6.2ClH.Ru/c1-29-25-31(3)39(32(4)26-29)45-23-21-43-41(45)37-19-13-14-20-38(37)47(35-15-9-7-10-16-35,36-17-11-8-12-18-36)42-44-22-24-46(42)40-33(5)27-30(2)28-34(40)6;1-29-19-10-8-17(21(12-19)30-2)13-26-14-18(24)9-11-20(22(26)27)25-23(28)31-15-16-6-4-3-5-7-16;1-7-5-3-2-4-6-7;;;/h25-28,35-36,38,43-44H,7-24H2,1-6H3;3-10,12,20H,11,13-15H2,1-2H3,(H,25,28);1-6H;2*1H;/q;;;;;+2/p-2. The average Bonchev–Trinajstić information content (AvgIpc) is 1.24. The van der Waals surface area contributed by atoms with Gasteiger partial charge in [-0.3, -0.25) is 10.1 Å². The van der Waals surface area contributed by atoms with Crippen LogP contribution in [0.2, 0.25) is 0 Å². The van der Waals surface area contributed by atoms with Gasteiger partial charge in [0.15, 0.2) is 0 Å². The topological polar surface area (TPSA) is 108 Å². The summed E-state index contributed by atoms with van der Waals surface area (Å²) in [4.78, 5) is 32.8. The van der Waals surface area contributed by atoms with Crippen LogP contribution in [0.3, 0.4) is 0 Å². The van der Waals surface area contributed by atoms with Gasteiger partial charge >= 0.3 is 79.5 Å². The molecule has 2 unspecified atom stereocenters. The molecule has 11 nitrogen and oxygen atoms in total. The minimum absolute atomic E-state index is 0.139. The molecule has 0 aromatic heterocycles. The number of aryl methyl sites for hydroxylation is 6.